The number of ether oxygens (including phenoxy) is 1. The smallest absolute Gasteiger partial charge is 0.392 e. The van der Waals surface area contributed by atoms with Gasteiger partial charge in [-0.3, -0.25) is 0 Å². The van der Waals surface area contributed by atoms with Crippen LogP contribution in [0.15, 0.2) is 0 Å². The summed E-state index contributed by atoms with van der Waals surface area (Å²) in [7, 11) is 0. The van der Waals surface area contributed by atoms with Crippen LogP contribution in [0.3, 0.4) is 0 Å². The minimum absolute atomic E-state index is 0.0770. The van der Waals surface area contributed by atoms with Crippen molar-refractivity contribution < 1.29 is 23.0 Å². The molecule has 110 valence electrons. The molecule has 0 aliphatic rings. The normalized spacial score (nSPS) is 14.2. The van der Waals surface area contributed by atoms with E-state index in [-0.39, 0.29) is 12.5 Å². The summed E-state index contributed by atoms with van der Waals surface area (Å²) in [6.45, 7) is 3.97. The Kier molecular flexibility index (Phi) is 9.40. The molecule has 3 nitrogen and oxygen atoms in total. The maximum absolute atomic E-state index is 11.7. The van der Waals surface area contributed by atoms with Crippen LogP contribution in [0, 0.1) is 5.92 Å². The van der Waals surface area contributed by atoms with E-state index in [0.717, 1.165) is 12.8 Å². The van der Waals surface area contributed by atoms with Gasteiger partial charge in [-0.25, -0.2) is 0 Å². The highest BCUT2D eigenvalue weighted by Gasteiger charge is 2.27. The molecule has 0 aromatic rings. The summed E-state index contributed by atoms with van der Waals surface area (Å²) in [6, 6.07) is 0. The molecule has 0 fully saturated rings. The van der Waals surface area contributed by atoms with Crippen LogP contribution in [0.25, 0.3) is 0 Å². The van der Waals surface area contributed by atoms with E-state index in [1.54, 1.807) is 0 Å². The highest BCUT2D eigenvalue weighted by Crippen LogP contribution is 2.14. The summed E-state index contributed by atoms with van der Waals surface area (Å²) in [5.74, 6) is 0.277. The molecule has 0 aliphatic carbocycles. The Labute approximate surface area is 107 Å². The van der Waals surface area contributed by atoms with Gasteiger partial charge < -0.3 is 15.2 Å². The number of nitrogens with one attached hydrogen (secondary N) is 1. The zero-order chi connectivity index (χ0) is 14.0. The molecule has 0 rings (SSSR count). The van der Waals surface area contributed by atoms with Crippen molar-refractivity contribution in [2.45, 2.75) is 45.4 Å². The van der Waals surface area contributed by atoms with Crippen molar-refractivity contribution in [1.82, 2.24) is 5.32 Å². The molecule has 0 saturated carbocycles. The number of aliphatic hydroxyl groups excluding tert-OH is 1. The van der Waals surface area contributed by atoms with E-state index in [0.29, 0.717) is 19.5 Å². The lowest BCUT2D eigenvalue weighted by atomic mass is 9.96. The molecule has 18 heavy (non-hydrogen) atoms. The molecule has 1 unspecified atom stereocenters. The maximum atomic E-state index is 11.7. The second kappa shape index (κ2) is 9.58. The fourth-order valence-electron chi connectivity index (χ4n) is 1.74. The monoisotopic (exact) mass is 271 g/mol. The molecule has 2 N–H and O–H groups in total. The van der Waals surface area contributed by atoms with Crippen molar-refractivity contribution in [2.75, 3.05) is 26.3 Å². The molecule has 6 heteroatoms. The van der Waals surface area contributed by atoms with Crippen molar-refractivity contribution in [3.05, 3.63) is 0 Å². The standard InChI is InChI=1S/C12H24F3NO2/c1-3-10(4-2)11(17)8-16-6-5-7-18-9-12(13,14)15/h10-11,16-17H,3-9H2,1-2H3. The van der Waals surface area contributed by atoms with Crippen LogP contribution in [-0.2, 0) is 4.74 Å². The summed E-state index contributed by atoms with van der Waals surface area (Å²) in [4.78, 5) is 0. The van der Waals surface area contributed by atoms with Crippen molar-refractivity contribution >= 4 is 0 Å². The van der Waals surface area contributed by atoms with E-state index >= 15 is 0 Å². The molecule has 1 atom stereocenters. The van der Waals surface area contributed by atoms with Gasteiger partial charge in [0.15, 0.2) is 0 Å². The molecular formula is C12H24F3NO2. The van der Waals surface area contributed by atoms with Crippen molar-refractivity contribution in [3.63, 3.8) is 0 Å². The number of hydrogen-bond donors (Lipinski definition) is 2. The predicted octanol–water partition coefficient (Wildman–Crippen LogP) is 2.34. The first-order valence-corrected chi connectivity index (χ1v) is 6.44. The molecule has 0 aromatic heterocycles. The lowest BCUT2D eigenvalue weighted by Crippen LogP contribution is -2.33. The Morgan fingerprint density at radius 2 is 1.83 bits per heavy atom. The van der Waals surface area contributed by atoms with Gasteiger partial charge in [0.05, 0.1) is 6.10 Å². The van der Waals surface area contributed by atoms with Gasteiger partial charge in [-0.2, -0.15) is 13.2 Å². The molecule has 0 saturated heterocycles. The number of alkyl halides is 3. The first-order valence-electron chi connectivity index (χ1n) is 6.44. The zero-order valence-corrected chi connectivity index (χ0v) is 11.1. The van der Waals surface area contributed by atoms with Crippen LogP contribution >= 0.6 is 0 Å². The summed E-state index contributed by atoms with van der Waals surface area (Å²) in [6.07, 6.45) is -2.29. The quantitative estimate of drug-likeness (QED) is 0.599. The Balaban J connectivity index is 3.40. The predicted molar refractivity (Wildman–Crippen MR) is 64.4 cm³/mol. The fourth-order valence-corrected chi connectivity index (χ4v) is 1.74. The third-order valence-corrected chi connectivity index (χ3v) is 2.85. The second-order valence-corrected chi connectivity index (χ2v) is 4.37. The molecule has 0 radical (unpaired) electrons. The Morgan fingerprint density at radius 3 is 2.33 bits per heavy atom. The summed E-state index contributed by atoms with van der Waals surface area (Å²) in [5, 5.41) is 12.8. The average Bonchev–Trinajstić information content (AvgIpc) is 2.28. The van der Waals surface area contributed by atoms with Crippen LogP contribution < -0.4 is 5.32 Å². The largest absolute Gasteiger partial charge is 0.411 e. The van der Waals surface area contributed by atoms with Crippen LogP contribution in [0.5, 0.6) is 0 Å². The van der Waals surface area contributed by atoms with Gasteiger partial charge in [-0.05, 0) is 18.9 Å². The molecule has 0 spiro atoms. The average molecular weight is 271 g/mol. The zero-order valence-electron chi connectivity index (χ0n) is 11.1. The van der Waals surface area contributed by atoms with Gasteiger partial charge in [0, 0.05) is 13.2 Å². The molecule has 0 aromatic carbocycles. The highest BCUT2D eigenvalue weighted by atomic mass is 19.4. The van der Waals surface area contributed by atoms with Crippen LogP contribution in [-0.4, -0.2) is 43.7 Å². The van der Waals surface area contributed by atoms with Crippen LogP contribution in [0.4, 0.5) is 13.2 Å². The lowest BCUT2D eigenvalue weighted by molar-refractivity contribution is -0.173. The highest BCUT2D eigenvalue weighted by molar-refractivity contribution is 4.68. The molecule has 0 amide bonds. The van der Waals surface area contributed by atoms with Crippen molar-refractivity contribution in [3.8, 4) is 0 Å². The first kappa shape index (κ1) is 17.7. The number of rotatable bonds is 10. The minimum atomic E-state index is -4.25. The van der Waals surface area contributed by atoms with Gasteiger partial charge in [0.1, 0.15) is 6.61 Å². The van der Waals surface area contributed by atoms with Gasteiger partial charge in [-0.15, -0.1) is 0 Å². The Hall–Kier alpha value is -0.330. The van der Waals surface area contributed by atoms with Crippen LogP contribution in [0.2, 0.25) is 0 Å². The van der Waals surface area contributed by atoms with E-state index in [9.17, 15) is 18.3 Å². The molecular weight excluding hydrogens is 247 g/mol. The van der Waals surface area contributed by atoms with Gasteiger partial charge in [0.2, 0.25) is 0 Å². The van der Waals surface area contributed by atoms with Gasteiger partial charge in [-0.1, -0.05) is 26.7 Å². The second-order valence-electron chi connectivity index (χ2n) is 4.37. The van der Waals surface area contributed by atoms with E-state index in [4.69, 9.17) is 0 Å². The lowest BCUT2D eigenvalue weighted by Gasteiger charge is -2.20. The maximum Gasteiger partial charge on any atom is 0.411 e. The number of hydrogen-bond acceptors (Lipinski definition) is 3. The van der Waals surface area contributed by atoms with Crippen molar-refractivity contribution in [1.29, 1.82) is 0 Å². The van der Waals surface area contributed by atoms with E-state index in [1.165, 1.54) is 0 Å². The van der Waals surface area contributed by atoms with E-state index in [2.05, 4.69) is 10.1 Å². The SMILES string of the molecule is CCC(CC)C(O)CNCCCOCC(F)(F)F. The van der Waals surface area contributed by atoms with Gasteiger partial charge >= 0.3 is 6.18 Å². The minimum Gasteiger partial charge on any atom is -0.392 e. The number of halogens is 3. The van der Waals surface area contributed by atoms with Crippen molar-refractivity contribution in [2.24, 2.45) is 5.92 Å². The third-order valence-electron chi connectivity index (χ3n) is 2.85. The third kappa shape index (κ3) is 9.67. The van der Waals surface area contributed by atoms with E-state index in [1.807, 2.05) is 13.8 Å². The summed E-state index contributed by atoms with van der Waals surface area (Å²) >= 11 is 0. The molecule has 0 heterocycles. The fraction of sp³-hybridized carbons (Fsp3) is 1.00. The topological polar surface area (TPSA) is 41.5 Å². The molecule has 0 aliphatic heterocycles. The van der Waals surface area contributed by atoms with Gasteiger partial charge in [0.25, 0.3) is 0 Å². The van der Waals surface area contributed by atoms with E-state index < -0.39 is 18.9 Å². The Morgan fingerprint density at radius 1 is 1.22 bits per heavy atom. The Bertz CT molecular complexity index is 196. The number of aliphatic hydroxyl groups is 1. The summed E-state index contributed by atoms with van der Waals surface area (Å²) < 4.78 is 39.7. The summed E-state index contributed by atoms with van der Waals surface area (Å²) in [5.41, 5.74) is 0. The van der Waals surface area contributed by atoms with Crippen LogP contribution in [0.1, 0.15) is 33.1 Å². The molecule has 0 bridgehead atoms. The first-order chi connectivity index (χ1) is 8.40.